The third kappa shape index (κ3) is 4.34. The van der Waals surface area contributed by atoms with Crippen LogP contribution < -0.4 is 11.1 Å². The average molecular weight is 455 g/mol. The van der Waals surface area contributed by atoms with Gasteiger partial charge in [-0.1, -0.05) is 30.3 Å². The SMILES string of the molecule is CN(C)C(=O)c1c(-c2ccccc2)c(CCNc2ncnc(N)c2C#N)nc2ccc(F)cc12. The van der Waals surface area contributed by atoms with E-state index in [0.29, 0.717) is 46.5 Å². The van der Waals surface area contributed by atoms with Crippen molar-refractivity contribution in [2.24, 2.45) is 0 Å². The highest BCUT2D eigenvalue weighted by molar-refractivity contribution is 6.11. The number of nitrogens with zero attached hydrogens (tertiary/aromatic N) is 5. The van der Waals surface area contributed by atoms with Crippen LogP contribution in [0.3, 0.4) is 0 Å². The van der Waals surface area contributed by atoms with Crippen molar-refractivity contribution in [1.82, 2.24) is 19.9 Å². The molecule has 2 aromatic heterocycles. The number of halogens is 1. The number of hydrogen-bond acceptors (Lipinski definition) is 7. The van der Waals surface area contributed by atoms with Gasteiger partial charge in [0.2, 0.25) is 0 Å². The first-order valence-corrected chi connectivity index (χ1v) is 10.5. The number of hydrogen-bond donors (Lipinski definition) is 2. The number of nitrogens with one attached hydrogen (secondary N) is 1. The zero-order valence-corrected chi connectivity index (χ0v) is 18.7. The van der Waals surface area contributed by atoms with Crippen LogP contribution in [0, 0.1) is 17.1 Å². The van der Waals surface area contributed by atoms with Gasteiger partial charge in [0.05, 0.1) is 16.8 Å². The molecular formula is C25H22FN7O. The standard InChI is InChI=1S/C25H22FN7O/c1-33(2)25(34)22-17-12-16(26)8-9-19(17)32-20(21(22)15-6-4-3-5-7-15)10-11-29-24-18(13-27)23(28)30-14-31-24/h3-9,12,14H,10-11H2,1-2H3,(H3,28,29,30,31). The molecule has 0 aliphatic carbocycles. The van der Waals surface area contributed by atoms with Crippen molar-refractivity contribution in [3.63, 3.8) is 0 Å². The Labute approximate surface area is 195 Å². The zero-order valence-electron chi connectivity index (χ0n) is 18.7. The van der Waals surface area contributed by atoms with Crippen LogP contribution in [0.5, 0.6) is 0 Å². The van der Waals surface area contributed by atoms with E-state index in [1.165, 1.54) is 23.4 Å². The minimum atomic E-state index is -0.444. The van der Waals surface area contributed by atoms with E-state index >= 15 is 0 Å². The van der Waals surface area contributed by atoms with Crippen LogP contribution in [0.2, 0.25) is 0 Å². The van der Waals surface area contributed by atoms with Gasteiger partial charge in [0.1, 0.15) is 35.4 Å². The maximum absolute atomic E-state index is 14.2. The number of amides is 1. The van der Waals surface area contributed by atoms with Crippen LogP contribution in [0.4, 0.5) is 16.0 Å². The summed E-state index contributed by atoms with van der Waals surface area (Å²) in [4.78, 5) is 27.5. The molecule has 0 saturated carbocycles. The van der Waals surface area contributed by atoms with Gasteiger partial charge < -0.3 is 16.0 Å². The number of carbonyl (C=O) groups excluding carboxylic acids is 1. The third-order valence-electron chi connectivity index (χ3n) is 5.35. The zero-order chi connectivity index (χ0) is 24.2. The summed E-state index contributed by atoms with van der Waals surface area (Å²) in [5.74, 6) is -0.277. The fourth-order valence-corrected chi connectivity index (χ4v) is 3.77. The van der Waals surface area contributed by atoms with Gasteiger partial charge >= 0.3 is 0 Å². The fourth-order valence-electron chi connectivity index (χ4n) is 3.77. The molecule has 0 atom stereocenters. The molecule has 3 N–H and O–H groups in total. The number of pyridine rings is 1. The van der Waals surface area contributed by atoms with Gasteiger partial charge in [0.25, 0.3) is 5.91 Å². The van der Waals surface area contributed by atoms with Gasteiger partial charge in [0, 0.05) is 38.0 Å². The smallest absolute Gasteiger partial charge is 0.254 e. The molecule has 0 aliphatic rings. The molecule has 4 aromatic rings. The summed E-state index contributed by atoms with van der Waals surface area (Å²) in [5, 5.41) is 12.9. The van der Waals surface area contributed by atoms with Gasteiger partial charge in [-0.05, 0) is 23.8 Å². The van der Waals surface area contributed by atoms with Gasteiger partial charge in [-0.2, -0.15) is 5.26 Å². The Bertz CT molecular complexity index is 1410. The molecule has 4 rings (SSSR count). The number of rotatable bonds is 6. The van der Waals surface area contributed by atoms with Crippen LogP contribution in [0.15, 0.2) is 54.9 Å². The third-order valence-corrected chi connectivity index (χ3v) is 5.35. The molecule has 0 aliphatic heterocycles. The molecule has 1 amide bonds. The molecule has 8 nitrogen and oxygen atoms in total. The molecule has 0 fully saturated rings. The van der Waals surface area contributed by atoms with E-state index in [0.717, 1.165) is 5.56 Å². The summed E-state index contributed by atoms with van der Waals surface area (Å²) in [5.41, 5.74) is 8.94. The Hall–Kier alpha value is -4.58. The van der Waals surface area contributed by atoms with Crippen molar-refractivity contribution >= 4 is 28.4 Å². The van der Waals surface area contributed by atoms with Gasteiger partial charge in [-0.15, -0.1) is 0 Å². The van der Waals surface area contributed by atoms with E-state index < -0.39 is 5.82 Å². The number of nitrogens with two attached hydrogens (primary N) is 1. The van der Waals surface area contributed by atoms with Crippen LogP contribution in [0.1, 0.15) is 21.6 Å². The highest BCUT2D eigenvalue weighted by atomic mass is 19.1. The first-order chi connectivity index (χ1) is 16.4. The van der Waals surface area contributed by atoms with Crippen molar-refractivity contribution < 1.29 is 9.18 Å². The Balaban J connectivity index is 1.84. The number of fused-ring (bicyclic) bond motifs is 1. The fraction of sp³-hybridized carbons (Fsp3) is 0.160. The maximum Gasteiger partial charge on any atom is 0.254 e. The molecule has 0 radical (unpaired) electrons. The molecule has 2 heterocycles. The van der Waals surface area contributed by atoms with E-state index in [9.17, 15) is 14.4 Å². The predicted octanol–water partition coefficient (Wildman–Crippen LogP) is 3.64. The minimum Gasteiger partial charge on any atom is -0.382 e. The first kappa shape index (κ1) is 22.6. The molecule has 34 heavy (non-hydrogen) atoms. The second kappa shape index (κ2) is 9.50. The van der Waals surface area contributed by atoms with Crippen LogP contribution in [0.25, 0.3) is 22.0 Å². The van der Waals surface area contributed by atoms with Gasteiger partial charge in [-0.25, -0.2) is 14.4 Å². The van der Waals surface area contributed by atoms with Crippen LogP contribution in [-0.2, 0) is 6.42 Å². The Morgan fingerprint density at radius 2 is 1.94 bits per heavy atom. The summed E-state index contributed by atoms with van der Waals surface area (Å²) in [6, 6.07) is 15.7. The molecule has 0 spiro atoms. The molecule has 9 heteroatoms. The lowest BCUT2D eigenvalue weighted by atomic mass is 9.92. The Morgan fingerprint density at radius 3 is 2.65 bits per heavy atom. The molecule has 0 bridgehead atoms. The quantitative estimate of drug-likeness (QED) is 0.455. The van der Waals surface area contributed by atoms with Crippen LogP contribution >= 0.6 is 0 Å². The highest BCUT2D eigenvalue weighted by Crippen LogP contribution is 2.34. The Morgan fingerprint density at radius 1 is 1.18 bits per heavy atom. The lowest BCUT2D eigenvalue weighted by Gasteiger charge is -2.20. The second-order valence-corrected chi connectivity index (χ2v) is 7.81. The van der Waals surface area contributed by atoms with E-state index in [1.807, 2.05) is 36.4 Å². The maximum atomic E-state index is 14.2. The number of anilines is 2. The average Bonchev–Trinajstić information content (AvgIpc) is 2.83. The van der Waals surface area contributed by atoms with E-state index in [2.05, 4.69) is 15.3 Å². The first-order valence-electron chi connectivity index (χ1n) is 10.5. The topological polar surface area (TPSA) is 121 Å². The molecular weight excluding hydrogens is 433 g/mol. The summed E-state index contributed by atoms with van der Waals surface area (Å²) < 4.78 is 14.2. The minimum absolute atomic E-state index is 0.0923. The van der Waals surface area contributed by atoms with E-state index in [4.69, 9.17) is 10.7 Å². The predicted molar refractivity (Wildman–Crippen MR) is 129 cm³/mol. The summed E-state index contributed by atoms with van der Waals surface area (Å²) in [6.07, 6.45) is 1.69. The van der Waals surface area contributed by atoms with E-state index in [-0.39, 0.29) is 17.3 Å². The second-order valence-electron chi connectivity index (χ2n) is 7.81. The number of nitriles is 1. The summed E-state index contributed by atoms with van der Waals surface area (Å²) >= 11 is 0. The lowest BCUT2D eigenvalue weighted by molar-refractivity contribution is 0.0830. The summed E-state index contributed by atoms with van der Waals surface area (Å²) in [6.45, 7) is 0.361. The van der Waals surface area contributed by atoms with Gasteiger partial charge in [-0.3, -0.25) is 9.78 Å². The van der Waals surface area contributed by atoms with Crippen LogP contribution in [-0.4, -0.2) is 46.4 Å². The number of aromatic nitrogens is 3. The summed E-state index contributed by atoms with van der Waals surface area (Å²) in [7, 11) is 3.32. The molecule has 0 saturated heterocycles. The van der Waals surface area contributed by atoms with E-state index in [1.54, 1.807) is 20.2 Å². The largest absolute Gasteiger partial charge is 0.382 e. The highest BCUT2D eigenvalue weighted by Gasteiger charge is 2.23. The van der Waals surface area contributed by atoms with Crippen molar-refractivity contribution in [3.8, 4) is 17.2 Å². The molecule has 0 unspecified atom stereocenters. The Kier molecular flexibility index (Phi) is 6.32. The number of benzene rings is 2. The van der Waals surface area contributed by atoms with Gasteiger partial charge in [0.15, 0.2) is 0 Å². The monoisotopic (exact) mass is 455 g/mol. The van der Waals surface area contributed by atoms with Crippen molar-refractivity contribution in [3.05, 3.63) is 77.5 Å². The van der Waals surface area contributed by atoms with Crippen molar-refractivity contribution in [2.75, 3.05) is 31.7 Å². The van der Waals surface area contributed by atoms with Crippen molar-refractivity contribution in [1.29, 1.82) is 5.26 Å². The number of carbonyl (C=O) groups is 1. The molecule has 170 valence electrons. The molecule has 2 aromatic carbocycles. The normalized spacial score (nSPS) is 10.6. The number of nitrogen functional groups attached to an aromatic ring is 1. The lowest BCUT2D eigenvalue weighted by Crippen LogP contribution is -2.24. The van der Waals surface area contributed by atoms with Crippen molar-refractivity contribution in [2.45, 2.75) is 6.42 Å².